The molecule has 0 N–H and O–H groups in total. The Morgan fingerprint density at radius 1 is 1.33 bits per heavy atom. The molecule has 3 rings (SSSR count). The van der Waals surface area contributed by atoms with E-state index in [1.165, 1.54) is 11.3 Å². The Morgan fingerprint density at radius 3 is 2.86 bits per heavy atom. The number of morpholine rings is 1. The predicted molar refractivity (Wildman–Crippen MR) is 88.3 cm³/mol. The Balaban J connectivity index is 1.66. The number of carbonyl (C=O) groups excluding carboxylic acids is 2. The van der Waals surface area contributed by atoms with Crippen molar-refractivity contribution in [3.8, 4) is 0 Å². The number of hydrogen-bond donors (Lipinski definition) is 0. The van der Waals surface area contributed by atoms with Crippen molar-refractivity contribution < 1.29 is 14.3 Å². The highest BCUT2D eigenvalue weighted by molar-refractivity contribution is 8.21. The molecule has 0 saturated carbocycles. The van der Waals surface area contributed by atoms with Crippen LogP contribution in [0.15, 0.2) is 17.5 Å². The summed E-state index contributed by atoms with van der Waals surface area (Å²) in [5, 5.41) is 1.90. The van der Waals surface area contributed by atoms with Crippen LogP contribution in [0.4, 0.5) is 0 Å². The molecule has 0 aliphatic carbocycles. The minimum Gasteiger partial charge on any atom is -0.377 e. The van der Waals surface area contributed by atoms with E-state index in [4.69, 9.17) is 4.74 Å². The number of rotatable bonds is 4. The summed E-state index contributed by atoms with van der Waals surface area (Å²) >= 11 is 4.87. The SMILES string of the molecule is O=C(CC1COCCN1C(=O)C1SCCS1)c1cccs1. The number of ketones is 1. The maximum atomic E-state index is 12.6. The van der Waals surface area contributed by atoms with Crippen molar-refractivity contribution in [2.45, 2.75) is 17.0 Å². The lowest BCUT2D eigenvalue weighted by Gasteiger charge is -2.36. The smallest absolute Gasteiger partial charge is 0.246 e. The van der Waals surface area contributed by atoms with E-state index < -0.39 is 0 Å². The number of carbonyl (C=O) groups is 2. The first-order valence-corrected chi connectivity index (χ1v) is 9.91. The zero-order valence-corrected chi connectivity index (χ0v) is 14.0. The van der Waals surface area contributed by atoms with Crippen LogP contribution in [0.25, 0.3) is 0 Å². The topological polar surface area (TPSA) is 46.6 Å². The van der Waals surface area contributed by atoms with Crippen LogP contribution >= 0.6 is 34.9 Å². The predicted octanol–water partition coefficient (Wildman–Crippen LogP) is 2.35. The summed E-state index contributed by atoms with van der Waals surface area (Å²) in [6.45, 7) is 1.63. The van der Waals surface area contributed by atoms with E-state index in [-0.39, 0.29) is 22.3 Å². The van der Waals surface area contributed by atoms with E-state index in [1.54, 1.807) is 23.5 Å². The molecule has 2 fully saturated rings. The second-order valence-corrected chi connectivity index (χ2v) is 8.61. The van der Waals surface area contributed by atoms with Crippen molar-refractivity contribution >= 4 is 46.6 Å². The van der Waals surface area contributed by atoms with Gasteiger partial charge in [-0.3, -0.25) is 9.59 Å². The maximum absolute atomic E-state index is 12.6. The molecule has 1 unspecified atom stereocenters. The number of amides is 1. The number of hydrogen-bond acceptors (Lipinski definition) is 6. The maximum Gasteiger partial charge on any atom is 0.246 e. The molecule has 0 aromatic carbocycles. The minimum atomic E-state index is -0.123. The molecule has 0 bridgehead atoms. The van der Waals surface area contributed by atoms with Gasteiger partial charge in [-0.05, 0) is 11.4 Å². The largest absolute Gasteiger partial charge is 0.377 e. The van der Waals surface area contributed by atoms with Crippen molar-refractivity contribution in [2.75, 3.05) is 31.3 Å². The van der Waals surface area contributed by atoms with Gasteiger partial charge in [-0.25, -0.2) is 0 Å². The second-order valence-electron chi connectivity index (χ2n) is 4.94. The summed E-state index contributed by atoms with van der Waals surface area (Å²) < 4.78 is 5.49. The zero-order chi connectivity index (χ0) is 14.7. The lowest BCUT2D eigenvalue weighted by Crippen LogP contribution is -2.51. The van der Waals surface area contributed by atoms with Crippen LogP contribution in [0.2, 0.25) is 0 Å². The molecule has 7 heteroatoms. The summed E-state index contributed by atoms with van der Waals surface area (Å²) in [5.74, 6) is 2.33. The lowest BCUT2D eigenvalue weighted by molar-refractivity contribution is -0.137. The Hall–Kier alpha value is -0.500. The van der Waals surface area contributed by atoms with Crippen molar-refractivity contribution in [3.05, 3.63) is 22.4 Å². The van der Waals surface area contributed by atoms with Gasteiger partial charge in [0.2, 0.25) is 5.91 Å². The molecular formula is C14H17NO3S3. The van der Waals surface area contributed by atoms with E-state index in [2.05, 4.69) is 0 Å². The van der Waals surface area contributed by atoms with Crippen molar-refractivity contribution in [2.24, 2.45) is 0 Å². The van der Waals surface area contributed by atoms with E-state index in [0.29, 0.717) is 26.2 Å². The van der Waals surface area contributed by atoms with Crippen LogP contribution in [0.1, 0.15) is 16.1 Å². The van der Waals surface area contributed by atoms with Crippen LogP contribution in [0.5, 0.6) is 0 Å². The van der Waals surface area contributed by atoms with Gasteiger partial charge in [-0.1, -0.05) is 6.07 Å². The highest BCUT2D eigenvalue weighted by atomic mass is 32.2. The molecule has 114 valence electrons. The Morgan fingerprint density at radius 2 is 2.14 bits per heavy atom. The Labute approximate surface area is 136 Å². The highest BCUT2D eigenvalue weighted by Gasteiger charge is 2.35. The van der Waals surface area contributed by atoms with Gasteiger partial charge in [0.15, 0.2) is 5.78 Å². The number of nitrogens with zero attached hydrogens (tertiary/aromatic N) is 1. The highest BCUT2D eigenvalue weighted by Crippen LogP contribution is 2.34. The van der Waals surface area contributed by atoms with Crippen LogP contribution in [-0.4, -0.2) is 58.5 Å². The molecule has 1 aromatic heterocycles. The normalized spacial score (nSPS) is 23.4. The fraction of sp³-hybridized carbons (Fsp3) is 0.571. The van der Waals surface area contributed by atoms with Gasteiger partial charge in [0.05, 0.1) is 24.1 Å². The monoisotopic (exact) mass is 343 g/mol. The fourth-order valence-electron chi connectivity index (χ4n) is 2.50. The van der Waals surface area contributed by atoms with Gasteiger partial charge >= 0.3 is 0 Å². The number of Topliss-reactive ketones (excluding diaryl/α,β-unsaturated/α-hetero) is 1. The van der Waals surface area contributed by atoms with Crippen molar-refractivity contribution in [3.63, 3.8) is 0 Å². The minimum absolute atomic E-state index is 0.00226. The third kappa shape index (κ3) is 3.64. The molecule has 2 aliphatic rings. The molecule has 2 saturated heterocycles. The summed E-state index contributed by atoms with van der Waals surface area (Å²) in [6.07, 6.45) is 0.355. The summed E-state index contributed by atoms with van der Waals surface area (Å²) in [6, 6.07) is 3.60. The van der Waals surface area contributed by atoms with Gasteiger partial charge in [0, 0.05) is 24.5 Å². The third-order valence-electron chi connectivity index (χ3n) is 3.55. The van der Waals surface area contributed by atoms with Crippen LogP contribution in [0, 0.1) is 0 Å². The van der Waals surface area contributed by atoms with Crippen LogP contribution < -0.4 is 0 Å². The van der Waals surface area contributed by atoms with Crippen molar-refractivity contribution in [1.29, 1.82) is 0 Å². The molecule has 1 amide bonds. The first kappa shape index (κ1) is 15.4. The molecule has 3 heterocycles. The van der Waals surface area contributed by atoms with Gasteiger partial charge in [-0.2, -0.15) is 0 Å². The summed E-state index contributed by atoms with van der Waals surface area (Å²) in [5.41, 5.74) is 0. The summed E-state index contributed by atoms with van der Waals surface area (Å²) in [7, 11) is 0. The van der Waals surface area contributed by atoms with Gasteiger partial charge < -0.3 is 9.64 Å². The molecular weight excluding hydrogens is 326 g/mol. The van der Waals surface area contributed by atoms with E-state index in [1.807, 2.05) is 22.4 Å². The molecule has 21 heavy (non-hydrogen) atoms. The Kier molecular flexibility index (Phi) is 5.26. The zero-order valence-electron chi connectivity index (χ0n) is 11.5. The quantitative estimate of drug-likeness (QED) is 0.786. The van der Waals surface area contributed by atoms with Crippen LogP contribution in [-0.2, 0) is 9.53 Å². The first-order valence-electron chi connectivity index (χ1n) is 6.94. The average molecular weight is 343 g/mol. The van der Waals surface area contributed by atoms with E-state index in [0.717, 1.165) is 16.4 Å². The fourth-order valence-corrected chi connectivity index (χ4v) is 5.89. The molecule has 0 spiro atoms. The summed E-state index contributed by atoms with van der Waals surface area (Å²) in [4.78, 5) is 27.5. The number of ether oxygens (including phenoxy) is 1. The van der Waals surface area contributed by atoms with Crippen LogP contribution in [0.3, 0.4) is 0 Å². The third-order valence-corrected chi connectivity index (χ3v) is 7.43. The van der Waals surface area contributed by atoms with E-state index >= 15 is 0 Å². The van der Waals surface area contributed by atoms with Gasteiger partial charge in [0.1, 0.15) is 4.58 Å². The molecule has 1 aromatic rings. The standard InChI is InChI=1S/C14H17NO3S3/c16-11(12-2-1-5-19-12)8-10-9-18-4-3-15(10)13(17)14-20-6-7-21-14/h1-2,5,10,14H,3-4,6-9H2. The van der Waals surface area contributed by atoms with Crippen molar-refractivity contribution in [1.82, 2.24) is 4.90 Å². The Bertz CT molecular complexity index is 500. The molecule has 0 radical (unpaired) electrons. The molecule has 2 aliphatic heterocycles. The molecule has 4 nitrogen and oxygen atoms in total. The van der Waals surface area contributed by atoms with E-state index in [9.17, 15) is 9.59 Å². The van der Waals surface area contributed by atoms with Gasteiger partial charge in [-0.15, -0.1) is 34.9 Å². The van der Waals surface area contributed by atoms with Gasteiger partial charge in [0.25, 0.3) is 0 Å². The first-order chi connectivity index (χ1) is 10.3. The number of thiophene rings is 1. The number of thioether (sulfide) groups is 2. The molecule has 1 atom stereocenters. The second kappa shape index (κ2) is 7.17. The average Bonchev–Trinajstić information content (AvgIpc) is 3.20. The lowest BCUT2D eigenvalue weighted by atomic mass is 10.1.